The summed E-state index contributed by atoms with van der Waals surface area (Å²) in [6.45, 7) is 8.44. The zero-order valence-electron chi connectivity index (χ0n) is 14.0. The normalized spacial score (nSPS) is 30.0. The second kappa shape index (κ2) is 6.34. The van der Waals surface area contributed by atoms with Gasteiger partial charge in [0, 0.05) is 38.1 Å². The maximum atomic E-state index is 12.7. The molecule has 2 fully saturated rings. The lowest BCUT2D eigenvalue weighted by Gasteiger charge is -2.24. The van der Waals surface area contributed by atoms with Crippen LogP contribution in [0.2, 0.25) is 0 Å². The van der Waals surface area contributed by atoms with Crippen molar-refractivity contribution in [2.24, 2.45) is 11.8 Å². The molecular formula is C16H29N3O2. The zero-order valence-corrected chi connectivity index (χ0v) is 14.0. The van der Waals surface area contributed by atoms with Gasteiger partial charge in [-0.25, -0.2) is 0 Å². The van der Waals surface area contributed by atoms with Gasteiger partial charge in [0.05, 0.1) is 5.92 Å². The monoisotopic (exact) mass is 295 g/mol. The molecule has 0 N–H and O–H groups in total. The number of hydrogen-bond acceptors (Lipinski definition) is 3. The van der Waals surface area contributed by atoms with E-state index in [1.165, 1.54) is 0 Å². The first-order valence-electron chi connectivity index (χ1n) is 8.09. The summed E-state index contributed by atoms with van der Waals surface area (Å²) in [5, 5.41) is 0. The van der Waals surface area contributed by atoms with Crippen LogP contribution in [-0.2, 0) is 9.59 Å². The van der Waals surface area contributed by atoms with Crippen molar-refractivity contribution in [2.45, 2.75) is 45.7 Å². The van der Waals surface area contributed by atoms with Crippen LogP contribution in [0.1, 0.15) is 33.6 Å². The molecule has 0 aliphatic carbocycles. The molecule has 3 atom stereocenters. The van der Waals surface area contributed by atoms with Gasteiger partial charge in [-0.15, -0.1) is 0 Å². The molecule has 0 spiro atoms. The predicted molar refractivity (Wildman–Crippen MR) is 82.8 cm³/mol. The first-order chi connectivity index (χ1) is 9.85. The highest BCUT2D eigenvalue weighted by molar-refractivity contribution is 5.89. The Morgan fingerprint density at radius 2 is 1.95 bits per heavy atom. The van der Waals surface area contributed by atoms with Crippen LogP contribution < -0.4 is 0 Å². The van der Waals surface area contributed by atoms with Gasteiger partial charge in [-0.2, -0.15) is 0 Å². The Labute approximate surface area is 128 Å². The fourth-order valence-corrected chi connectivity index (χ4v) is 3.67. The highest BCUT2D eigenvalue weighted by Crippen LogP contribution is 2.28. The molecule has 0 aromatic carbocycles. The van der Waals surface area contributed by atoms with E-state index in [9.17, 15) is 9.59 Å². The van der Waals surface area contributed by atoms with E-state index >= 15 is 0 Å². The number of amides is 2. The van der Waals surface area contributed by atoms with Crippen molar-refractivity contribution in [3.63, 3.8) is 0 Å². The molecule has 2 aliphatic rings. The molecule has 2 heterocycles. The van der Waals surface area contributed by atoms with Crippen molar-refractivity contribution >= 4 is 11.8 Å². The van der Waals surface area contributed by atoms with Crippen LogP contribution in [0.15, 0.2) is 0 Å². The van der Waals surface area contributed by atoms with Crippen molar-refractivity contribution < 1.29 is 9.59 Å². The quantitative estimate of drug-likeness (QED) is 0.778. The summed E-state index contributed by atoms with van der Waals surface area (Å²) in [6.07, 6.45) is 1.48. The van der Waals surface area contributed by atoms with E-state index in [1.807, 2.05) is 23.6 Å². The van der Waals surface area contributed by atoms with Gasteiger partial charge in [0.25, 0.3) is 0 Å². The third kappa shape index (κ3) is 3.23. The maximum absolute atomic E-state index is 12.7. The molecule has 2 rings (SSSR count). The third-order valence-corrected chi connectivity index (χ3v) is 5.04. The van der Waals surface area contributed by atoms with E-state index in [4.69, 9.17) is 0 Å². The zero-order chi connectivity index (χ0) is 15.7. The van der Waals surface area contributed by atoms with Gasteiger partial charge in [-0.1, -0.05) is 13.3 Å². The Morgan fingerprint density at radius 3 is 2.38 bits per heavy atom. The van der Waals surface area contributed by atoms with E-state index in [2.05, 4.69) is 25.9 Å². The molecule has 21 heavy (non-hydrogen) atoms. The first-order valence-corrected chi connectivity index (χ1v) is 8.09. The van der Waals surface area contributed by atoms with E-state index in [0.29, 0.717) is 24.9 Å². The van der Waals surface area contributed by atoms with Gasteiger partial charge in [-0.05, 0) is 33.9 Å². The second-order valence-electron chi connectivity index (χ2n) is 6.98. The molecule has 0 aromatic heterocycles. The first kappa shape index (κ1) is 16.3. The molecule has 0 unspecified atom stereocenters. The number of likely N-dealkylation sites (tertiary alicyclic amines) is 2. The molecule has 0 bridgehead atoms. The van der Waals surface area contributed by atoms with Gasteiger partial charge in [0.2, 0.25) is 11.8 Å². The van der Waals surface area contributed by atoms with Crippen molar-refractivity contribution in [1.82, 2.24) is 14.7 Å². The summed E-state index contributed by atoms with van der Waals surface area (Å²) >= 11 is 0. The maximum Gasteiger partial charge on any atom is 0.228 e. The van der Waals surface area contributed by atoms with E-state index < -0.39 is 0 Å². The van der Waals surface area contributed by atoms with Crippen LogP contribution in [0.25, 0.3) is 0 Å². The molecule has 2 saturated heterocycles. The third-order valence-electron chi connectivity index (χ3n) is 5.04. The summed E-state index contributed by atoms with van der Waals surface area (Å²) in [5.41, 5.74) is 0. The van der Waals surface area contributed by atoms with E-state index in [1.54, 1.807) is 0 Å². The smallest absolute Gasteiger partial charge is 0.228 e. The Morgan fingerprint density at radius 1 is 1.29 bits per heavy atom. The molecule has 0 radical (unpaired) electrons. The molecule has 0 saturated carbocycles. The Hall–Kier alpha value is -1.10. The van der Waals surface area contributed by atoms with Crippen LogP contribution >= 0.6 is 0 Å². The molecule has 0 aromatic rings. The Bertz CT molecular complexity index is 408. The van der Waals surface area contributed by atoms with Crippen LogP contribution in [0.4, 0.5) is 0 Å². The topological polar surface area (TPSA) is 43.9 Å². The molecular weight excluding hydrogens is 266 g/mol. The van der Waals surface area contributed by atoms with Gasteiger partial charge in [0.15, 0.2) is 0 Å². The number of carbonyl (C=O) groups is 2. The van der Waals surface area contributed by atoms with E-state index in [-0.39, 0.29) is 23.8 Å². The molecule has 5 heteroatoms. The number of likely N-dealkylation sites (N-methyl/N-ethyl adjacent to an activating group) is 1. The molecule has 5 nitrogen and oxygen atoms in total. The molecule has 2 aliphatic heterocycles. The second-order valence-corrected chi connectivity index (χ2v) is 6.98. The van der Waals surface area contributed by atoms with Crippen LogP contribution in [-0.4, -0.2) is 72.3 Å². The summed E-state index contributed by atoms with van der Waals surface area (Å²) in [5.74, 6) is 0.702. The van der Waals surface area contributed by atoms with Gasteiger partial charge in [0.1, 0.15) is 0 Å². The average molecular weight is 295 g/mol. The molecule has 2 amide bonds. The van der Waals surface area contributed by atoms with Crippen LogP contribution in [0.3, 0.4) is 0 Å². The highest BCUT2D eigenvalue weighted by atomic mass is 16.2. The number of hydrogen-bond donors (Lipinski definition) is 0. The summed E-state index contributed by atoms with van der Waals surface area (Å²) in [6, 6.07) is 0.629. The Balaban J connectivity index is 2.00. The minimum Gasteiger partial charge on any atom is -0.340 e. The Kier molecular flexibility index (Phi) is 4.91. The number of nitrogens with zero attached hydrogens (tertiary/aromatic N) is 3. The summed E-state index contributed by atoms with van der Waals surface area (Å²) in [7, 11) is 4.17. The average Bonchev–Trinajstić information content (AvgIpc) is 3.01. The van der Waals surface area contributed by atoms with Gasteiger partial charge >= 0.3 is 0 Å². The van der Waals surface area contributed by atoms with Crippen molar-refractivity contribution in [2.75, 3.05) is 33.7 Å². The standard InChI is InChI=1S/C16H29N3O2/c1-6-12-8-18(10-14(12)17(4)5)16(21)13-7-15(20)19(9-13)11(2)3/h11-14H,6-10H2,1-5H3/t12-,13+,14-/m1/s1. The van der Waals surface area contributed by atoms with Gasteiger partial charge in [-0.3, -0.25) is 9.59 Å². The summed E-state index contributed by atoms with van der Waals surface area (Å²) < 4.78 is 0. The lowest BCUT2D eigenvalue weighted by atomic mass is 10.0. The fraction of sp³-hybridized carbons (Fsp3) is 0.875. The predicted octanol–water partition coefficient (Wildman–Crippen LogP) is 1.04. The van der Waals surface area contributed by atoms with Gasteiger partial charge < -0.3 is 14.7 Å². The van der Waals surface area contributed by atoms with Crippen molar-refractivity contribution in [3.8, 4) is 0 Å². The minimum atomic E-state index is -0.140. The van der Waals surface area contributed by atoms with Crippen LogP contribution in [0.5, 0.6) is 0 Å². The minimum absolute atomic E-state index is 0.124. The SMILES string of the molecule is CC[C@@H]1CN(C(=O)[C@H]2CC(=O)N(C(C)C)C2)C[C@H]1N(C)C. The van der Waals surface area contributed by atoms with E-state index in [0.717, 1.165) is 19.5 Å². The highest BCUT2D eigenvalue weighted by Gasteiger charge is 2.41. The van der Waals surface area contributed by atoms with Crippen LogP contribution in [0, 0.1) is 11.8 Å². The number of carbonyl (C=O) groups excluding carboxylic acids is 2. The fourth-order valence-electron chi connectivity index (χ4n) is 3.67. The largest absolute Gasteiger partial charge is 0.340 e. The number of rotatable bonds is 4. The lowest BCUT2D eigenvalue weighted by Crippen LogP contribution is -2.39. The summed E-state index contributed by atoms with van der Waals surface area (Å²) in [4.78, 5) is 30.7. The molecule has 120 valence electrons. The lowest BCUT2D eigenvalue weighted by molar-refractivity contribution is -0.135. The van der Waals surface area contributed by atoms with Crippen molar-refractivity contribution in [1.29, 1.82) is 0 Å². The van der Waals surface area contributed by atoms with Crippen molar-refractivity contribution in [3.05, 3.63) is 0 Å².